The number of nitrogens with two attached hydrogens (primary N) is 1. The highest BCUT2D eigenvalue weighted by molar-refractivity contribution is 7.90. The van der Waals surface area contributed by atoms with Crippen molar-refractivity contribution in [1.82, 2.24) is 0 Å². The quantitative estimate of drug-likeness (QED) is 0.508. The third-order valence-corrected chi connectivity index (χ3v) is 4.55. The first-order valence-corrected chi connectivity index (χ1v) is 10.5. The van der Waals surface area contributed by atoms with E-state index >= 15 is 0 Å². The van der Waals surface area contributed by atoms with Gasteiger partial charge in [0.15, 0.2) is 0 Å². The summed E-state index contributed by atoms with van der Waals surface area (Å²) in [6.45, 7) is 2.25. The van der Waals surface area contributed by atoms with E-state index in [0.717, 1.165) is 6.42 Å². The van der Waals surface area contributed by atoms with Crippen LogP contribution in [0.2, 0.25) is 0 Å². The molecule has 0 fully saturated rings. The zero-order chi connectivity index (χ0) is 17.0. The molecular weight excluding hydrogens is 308 g/mol. The second-order valence-electron chi connectivity index (χ2n) is 6.28. The van der Waals surface area contributed by atoms with Crippen molar-refractivity contribution in [1.29, 1.82) is 0 Å². The number of hydrogen-bond donors (Lipinski definition) is 2. The summed E-state index contributed by atoms with van der Waals surface area (Å²) in [6, 6.07) is 7.44. The fourth-order valence-corrected chi connectivity index (χ4v) is 3.18. The topological polar surface area (TPSA) is 72.2 Å². The average molecular weight is 341 g/mol. The van der Waals surface area contributed by atoms with Crippen LogP contribution in [0.3, 0.4) is 0 Å². The molecule has 1 aromatic carbocycles. The molecule has 5 heteroatoms. The van der Waals surface area contributed by atoms with Crippen molar-refractivity contribution in [3.63, 3.8) is 0 Å². The van der Waals surface area contributed by atoms with E-state index in [2.05, 4.69) is 11.6 Å². The van der Waals surface area contributed by atoms with E-state index in [4.69, 9.17) is 5.14 Å². The molecule has 0 heterocycles. The van der Waals surface area contributed by atoms with Gasteiger partial charge in [0, 0.05) is 5.69 Å². The molecule has 0 bridgehead atoms. The lowest BCUT2D eigenvalue weighted by Crippen LogP contribution is -2.21. The Kier molecular flexibility index (Phi) is 9.96. The molecule has 23 heavy (non-hydrogen) atoms. The lowest BCUT2D eigenvalue weighted by Gasteiger charge is -2.06. The van der Waals surface area contributed by atoms with Gasteiger partial charge in [0.2, 0.25) is 0 Å². The molecule has 0 saturated carbocycles. The minimum absolute atomic E-state index is 0.513. The first kappa shape index (κ1) is 20.0. The van der Waals surface area contributed by atoms with Gasteiger partial charge in [-0.05, 0) is 30.5 Å². The molecular formula is C18H32N2O2S. The van der Waals surface area contributed by atoms with Crippen LogP contribution in [0, 0.1) is 0 Å². The molecule has 0 aromatic heterocycles. The number of rotatable bonds is 13. The SMILES string of the molecule is CCCCCCCCCCCCc1ccc(NS(N)(=O)=O)cc1. The molecule has 0 aliphatic heterocycles. The molecule has 0 aliphatic rings. The van der Waals surface area contributed by atoms with Crippen LogP contribution in [0.4, 0.5) is 5.69 Å². The lowest BCUT2D eigenvalue weighted by atomic mass is 10.0. The molecule has 0 saturated heterocycles. The van der Waals surface area contributed by atoms with E-state index in [-0.39, 0.29) is 0 Å². The summed E-state index contributed by atoms with van der Waals surface area (Å²) in [6.07, 6.45) is 14.4. The van der Waals surface area contributed by atoms with Crippen molar-refractivity contribution >= 4 is 15.9 Å². The van der Waals surface area contributed by atoms with Crippen LogP contribution in [0.5, 0.6) is 0 Å². The van der Waals surface area contributed by atoms with Crippen molar-refractivity contribution in [3.05, 3.63) is 29.8 Å². The zero-order valence-corrected chi connectivity index (χ0v) is 15.2. The first-order valence-electron chi connectivity index (χ1n) is 8.91. The third kappa shape index (κ3) is 11.2. The van der Waals surface area contributed by atoms with Crippen LogP contribution in [-0.2, 0) is 16.6 Å². The van der Waals surface area contributed by atoms with E-state index in [1.807, 2.05) is 12.1 Å². The third-order valence-electron chi connectivity index (χ3n) is 4.03. The summed E-state index contributed by atoms with van der Waals surface area (Å²) in [7, 11) is -3.68. The number of anilines is 1. The molecule has 0 aliphatic carbocycles. The van der Waals surface area contributed by atoms with E-state index in [9.17, 15) is 8.42 Å². The number of nitrogens with one attached hydrogen (secondary N) is 1. The maximum absolute atomic E-state index is 10.9. The van der Waals surface area contributed by atoms with Gasteiger partial charge in [0.05, 0.1) is 0 Å². The molecule has 0 spiro atoms. The van der Waals surface area contributed by atoms with Gasteiger partial charge in [-0.15, -0.1) is 0 Å². The number of aryl methyl sites for hydroxylation is 1. The predicted molar refractivity (Wildman–Crippen MR) is 98.7 cm³/mol. The Morgan fingerprint density at radius 1 is 0.826 bits per heavy atom. The highest BCUT2D eigenvalue weighted by atomic mass is 32.2. The summed E-state index contributed by atoms with van der Waals surface area (Å²) >= 11 is 0. The molecule has 1 rings (SSSR count). The summed E-state index contributed by atoms with van der Waals surface area (Å²) in [4.78, 5) is 0. The summed E-state index contributed by atoms with van der Waals surface area (Å²) in [5.74, 6) is 0. The molecule has 0 radical (unpaired) electrons. The number of unbranched alkanes of at least 4 members (excludes halogenated alkanes) is 9. The fourth-order valence-electron chi connectivity index (χ4n) is 2.72. The van der Waals surface area contributed by atoms with E-state index in [0.29, 0.717) is 5.69 Å². The normalized spacial score (nSPS) is 11.6. The Balaban J connectivity index is 2.05. The molecule has 0 amide bonds. The lowest BCUT2D eigenvalue weighted by molar-refractivity contribution is 0.556. The Hall–Kier alpha value is -1.07. The molecule has 3 N–H and O–H groups in total. The second kappa shape index (κ2) is 11.5. The monoisotopic (exact) mass is 340 g/mol. The maximum Gasteiger partial charge on any atom is 0.296 e. The van der Waals surface area contributed by atoms with E-state index < -0.39 is 10.2 Å². The summed E-state index contributed by atoms with van der Waals surface area (Å²) in [5.41, 5.74) is 1.75. The Morgan fingerprint density at radius 3 is 1.78 bits per heavy atom. The molecule has 1 aromatic rings. The van der Waals surface area contributed by atoms with Crippen molar-refractivity contribution < 1.29 is 8.42 Å². The molecule has 0 unspecified atom stereocenters. The Bertz CT molecular complexity index is 512. The minimum Gasteiger partial charge on any atom is -0.271 e. The van der Waals surface area contributed by atoms with Crippen LogP contribution < -0.4 is 9.86 Å². The summed E-state index contributed by atoms with van der Waals surface area (Å²) < 4.78 is 24.1. The van der Waals surface area contributed by atoms with Gasteiger partial charge in [-0.3, -0.25) is 4.72 Å². The number of hydrogen-bond acceptors (Lipinski definition) is 2. The largest absolute Gasteiger partial charge is 0.296 e. The van der Waals surface area contributed by atoms with Gasteiger partial charge >= 0.3 is 0 Å². The van der Waals surface area contributed by atoms with Gasteiger partial charge < -0.3 is 0 Å². The molecule has 4 nitrogen and oxygen atoms in total. The smallest absolute Gasteiger partial charge is 0.271 e. The van der Waals surface area contributed by atoms with Crippen LogP contribution >= 0.6 is 0 Å². The predicted octanol–water partition coefficient (Wildman–Crippen LogP) is 4.77. The van der Waals surface area contributed by atoms with Gasteiger partial charge in [-0.1, -0.05) is 76.8 Å². The van der Waals surface area contributed by atoms with E-state index in [1.54, 1.807) is 12.1 Å². The van der Waals surface area contributed by atoms with Gasteiger partial charge in [-0.25, -0.2) is 5.14 Å². The van der Waals surface area contributed by atoms with Crippen LogP contribution in [0.15, 0.2) is 24.3 Å². The van der Waals surface area contributed by atoms with Crippen molar-refractivity contribution in [2.75, 3.05) is 4.72 Å². The first-order chi connectivity index (χ1) is 11.0. The van der Waals surface area contributed by atoms with E-state index in [1.165, 1.54) is 69.8 Å². The Labute approximate surface area is 142 Å². The standard InChI is InChI=1S/C18H32N2O2S/c1-2-3-4-5-6-7-8-9-10-11-12-17-13-15-18(16-14-17)20-23(19,21)22/h13-16,20H,2-12H2,1H3,(H2,19,21,22). The zero-order valence-electron chi connectivity index (χ0n) is 14.4. The Morgan fingerprint density at radius 2 is 1.30 bits per heavy atom. The van der Waals surface area contributed by atoms with Crippen molar-refractivity contribution in [3.8, 4) is 0 Å². The highest BCUT2D eigenvalue weighted by Crippen LogP contribution is 2.14. The highest BCUT2D eigenvalue weighted by Gasteiger charge is 2.02. The van der Waals surface area contributed by atoms with Crippen LogP contribution in [-0.4, -0.2) is 8.42 Å². The van der Waals surface area contributed by atoms with Gasteiger partial charge in [0.25, 0.3) is 10.2 Å². The number of benzene rings is 1. The fraction of sp³-hybridized carbons (Fsp3) is 0.667. The molecule has 0 atom stereocenters. The van der Waals surface area contributed by atoms with Crippen LogP contribution in [0.25, 0.3) is 0 Å². The van der Waals surface area contributed by atoms with Crippen molar-refractivity contribution in [2.24, 2.45) is 5.14 Å². The molecule has 132 valence electrons. The van der Waals surface area contributed by atoms with Crippen molar-refractivity contribution in [2.45, 2.75) is 77.6 Å². The minimum atomic E-state index is -3.68. The van der Waals surface area contributed by atoms with Crippen LogP contribution in [0.1, 0.15) is 76.7 Å². The second-order valence-corrected chi connectivity index (χ2v) is 7.57. The average Bonchev–Trinajstić information content (AvgIpc) is 2.49. The van der Waals surface area contributed by atoms with Gasteiger partial charge in [0.1, 0.15) is 0 Å². The van der Waals surface area contributed by atoms with Gasteiger partial charge in [-0.2, -0.15) is 8.42 Å². The summed E-state index contributed by atoms with van der Waals surface area (Å²) in [5, 5.41) is 4.94. The maximum atomic E-state index is 10.9.